The molecule has 0 unspecified atom stereocenters. The standard InChI is InChI=1S/C22H26N2O3/c1-26-19-12-8-9-17(22(19)27-2)14-15-21(25)24(18-10-4-3-5-11-18)20-13-6-7-16-23-20/h6-9,12-16,18H,3-5,10-11H2,1-2H3/b15-14+. The minimum absolute atomic E-state index is 0.0644. The number of rotatable bonds is 6. The molecule has 1 fully saturated rings. The highest BCUT2D eigenvalue weighted by Crippen LogP contribution is 2.32. The summed E-state index contributed by atoms with van der Waals surface area (Å²) < 4.78 is 10.8. The van der Waals surface area contributed by atoms with E-state index < -0.39 is 0 Å². The summed E-state index contributed by atoms with van der Waals surface area (Å²) in [5.74, 6) is 1.90. The maximum absolute atomic E-state index is 13.1. The van der Waals surface area contributed by atoms with Crippen molar-refractivity contribution in [2.45, 2.75) is 38.1 Å². The Morgan fingerprint density at radius 2 is 1.89 bits per heavy atom. The van der Waals surface area contributed by atoms with Crippen LogP contribution in [0.2, 0.25) is 0 Å². The minimum Gasteiger partial charge on any atom is -0.493 e. The minimum atomic E-state index is -0.0644. The summed E-state index contributed by atoms with van der Waals surface area (Å²) in [7, 11) is 3.20. The third-order valence-electron chi connectivity index (χ3n) is 4.91. The number of nitrogens with zero attached hydrogens (tertiary/aromatic N) is 2. The molecule has 1 aromatic heterocycles. The first-order valence-corrected chi connectivity index (χ1v) is 9.38. The molecule has 5 heteroatoms. The van der Waals surface area contributed by atoms with Crippen LogP contribution in [-0.4, -0.2) is 31.2 Å². The van der Waals surface area contributed by atoms with E-state index in [4.69, 9.17) is 9.47 Å². The zero-order valence-corrected chi connectivity index (χ0v) is 15.9. The Labute approximate surface area is 160 Å². The Balaban J connectivity index is 1.88. The number of hydrogen-bond acceptors (Lipinski definition) is 4. The van der Waals surface area contributed by atoms with Crippen LogP contribution >= 0.6 is 0 Å². The summed E-state index contributed by atoms with van der Waals surface area (Å²) in [6, 6.07) is 11.5. The summed E-state index contributed by atoms with van der Waals surface area (Å²) in [4.78, 5) is 19.4. The zero-order chi connectivity index (χ0) is 19.1. The number of carbonyl (C=O) groups is 1. The second-order valence-electron chi connectivity index (χ2n) is 6.60. The first-order chi connectivity index (χ1) is 13.2. The second-order valence-corrected chi connectivity index (χ2v) is 6.60. The molecule has 1 heterocycles. The fraction of sp³-hybridized carbons (Fsp3) is 0.364. The summed E-state index contributed by atoms with van der Waals surface area (Å²) in [6.45, 7) is 0. The predicted molar refractivity (Wildman–Crippen MR) is 107 cm³/mol. The van der Waals surface area contributed by atoms with Gasteiger partial charge in [-0.1, -0.05) is 37.5 Å². The van der Waals surface area contributed by atoms with Crippen LogP contribution in [-0.2, 0) is 4.79 Å². The molecule has 0 saturated heterocycles. The summed E-state index contributed by atoms with van der Waals surface area (Å²) >= 11 is 0. The molecule has 0 N–H and O–H groups in total. The molecular formula is C22H26N2O3. The first-order valence-electron chi connectivity index (χ1n) is 9.38. The Morgan fingerprint density at radius 1 is 1.07 bits per heavy atom. The highest BCUT2D eigenvalue weighted by molar-refractivity contribution is 6.04. The first kappa shape index (κ1) is 19.0. The Kier molecular flexibility index (Phi) is 6.47. The van der Waals surface area contributed by atoms with E-state index in [0.29, 0.717) is 17.3 Å². The van der Waals surface area contributed by atoms with Crippen molar-refractivity contribution >= 4 is 17.8 Å². The number of hydrogen-bond donors (Lipinski definition) is 0. The van der Waals surface area contributed by atoms with Crippen molar-refractivity contribution in [2.75, 3.05) is 19.1 Å². The van der Waals surface area contributed by atoms with Gasteiger partial charge in [0.25, 0.3) is 5.91 Å². The van der Waals surface area contributed by atoms with Crippen molar-refractivity contribution < 1.29 is 14.3 Å². The summed E-state index contributed by atoms with van der Waals surface area (Å²) in [5.41, 5.74) is 0.801. The lowest BCUT2D eigenvalue weighted by atomic mass is 9.94. The van der Waals surface area contributed by atoms with Crippen LogP contribution in [0.1, 0.15) is 37.7 Å². The number of para-hydroxylation sites is 1. The molecule has 142 valence electrons. The van der Waals surface area contributed by atoms with Gasteiger partial charge in [-0.05, 0) is 37.1 Å². The maximum atomic E-state index is 13.1. The van der Waals surface area contributed by atoms with E-state index in [1.165, 1.54) is 6.42 Å². The van der Waals surface area contributed by atoms with Gasteiger partial charge >= 0.3 is 0 Å². The van der Waals surface area contributed by atoms with Crippen LogP contribution in [0.4, 0.5) is 5.82 Å². The summed E-state index contributed by atoms with van der Waals surface area (Å²) in [6.07, 6.45) is 10.7. The number of methoxy groups -OCH3 is 2. The quantitative estimate of drug-likeness (QED) is 0.708. The van der Waals surface area contributed by atoms with E-state index in [2.05, 4.69) is 4.98 Å². The Bertz CT molecular complexity index is 783. The lowest BCUT2D eigenvalue weighted by Crippen LogP contribution is -2.41. The lowest BCUT2D eigenvalue weighted by molar-refractivity contribution is -0.114. The molecule has 1 aliphatic carbocycles. The van der Waals surface area contributed by atoms with E-state index in [-0.39, 0.29) is 11.9 Å². The van der Waals surface area contributed by atoms with Gasteiger partial charge < -0.3 is 9.47 Å². The van der Waals surface area contributed by atoms with Crippen molar-refractivity contribution in [3.8, 4) is 11.5 Å². The number of amides is 1. The molecule has 1 aliphatic rings. The van der Waals surface area contributed by atoms with E-state index in [1.807, 2.05) is 41.3 Å². The number of anilines is 1. The van der Waals surface area contributed by atoms with Gasteiger partial charge in [0.15, 0.2) is 11.5 Å². The Morgan fingerprint density at radius 3 is 2.56 bits per heavy atom. The van der Waals surface area contributed by atoms with Gasteiger partial charge in [-0.25, -0.2) is 4.98 Å². The molecular weight excluding hydrogens is 340 g/mol. The van der Waals surface area contributed by atoms with E-state index in [0.717, 1.165) is 31.2 Å². The normalized spacial score (nSPS) is 14.9. The van der Waals surface area contributed by atoms with Crippen molar-refractivity contribution in [1.29, 1.82) is 0 Å². The molecule has 0 bridgehead atoms. The lowest BCUT2D eigenvalue weighted by Gasteiger charge is -2.32. The molecule has 0 aliphatic heterocycles. The molecule has 1 aromatic carbocycles. The monoisotopic (exact) mass is 366 g/mol. The highest BCUT2D eigenvalue weighted by Gasteiger charge is 2.26. The fourth-order valence-corrected chi connectivity index (χ4v) is 3.60. The van der Waals surface area contributed by atoms with Crippen LogP contribution < -0.4 is 14.4 Å². The van der Waals surface area contributed by atoms with Gasteiger partial charge in [0.2, 0.25) is 0 Å². The molecule has 1 amide bonds. The van der Waals surface area contributed by atoms with Gasteiger partial charge in [-0.3, -0.25) is 9.69 Å². The number of carbonyl (C=O) groups excluding carboxylic acids is 1. The van der Waals surface area contributed by atoms with Crippen LogP contribution in [0.5, 0.6) is 11.5 Å². The number of aromatic nitrogens is 1. The molecule has 3 rings (SSSR count). The molecule has 2 aromatic rings. The summed E-state index contributed by atoms with van der Waals surface area (Å²) in [5, 5.41) is 0. The van der Waals surface area contributed by atoms with Crippen molar-refractivity contribution in [1.82, 2.24) is 4.98 Å². The molecule has 0 radical (unpaired) electrons. The van der Waals surface area contributed by atoms with Gasteiger partial charge in [0.05, 0.1) is 14.2 Å². The molecule has 5 nitrogen and oxygen atoms in total. The number of benzene rings is 1. The van der Waals surface area contributed by atoms with Gasteiger partial charge in [-0.15, -0.1) is 0 Å². The average molecular weight is 366 g/mol. The largest absolute Gasteiger partial charge is 0.493 e. The molecule has 0 spiro atoms. The van der Waals surface area contributed by atoms with E-state index in [1.54, 1.807) is 32.6 Å². The maximum Gasteiger partial charge on any atom is 0.252 e. The second kappa shape index (κ2) is 9.21. The van der Waals surface area contributed by atoms with Crippen molar-refractivity contribution in [3.63, 3.8) is 0 Å². The zero-order valence-electron chi connectivity index (χ0n) is 15.9. The van der Waals surface area contributed by atoms with Crippen LogP contribution in [0, 0.1) is 0 Å². The van der Waals surface area contributed by atoms with Crippen LogP contribution in [0.3, 0.4) is 0 Å². The molecule has 0 atom stereocenters. The van der Waals surface area contributed by atoms with Crippen molar-refractivity contribution in [2.24, 2.45) is 0 Å². The van der Waals surface area contributed by atoms with Crippen LogP contribution in [0.25, 0.3) is 6.08 Å². The smallest absolute Gasteiger partial charge is 0.252 e. The fourth-order valence-electron chi connectivity index (χ4n) is 3.60. The van der Waals surface area contributed by atoms with Gasteiger partial charge in [0, 0.05) is 23.9 Å². The average Bonchev–Trinajstić information content (AvgIpc) is 2.73. The van der Waals surface area contributed by atoms with E-state index in [9.17, 15) is 4.79 Å². The highest BCUT2D eigenvalue weighted by atomic mass is 16.5. The van der Waals surface area contributed by atoms with Crippen molar-refractivity contribution in [3.05, 3.63) is 54.2 Å². The van der Waals surface area contributed by atoms with Crippen LogP contribution in [0.15, 0.2) is 48.7 Å². The number of pyridine rings is 1. The van der Waals surface area contributed by atoms with Gasteiger partial charge in [-0.2, -0.15) is 0 Å². The SMILES string of the molecule is COc1cccc(/C=C/C(=O)N(c2ccccn2)C2CCCCC2)c1OC. The molecule has 1 saturated carbocycles. The third-order valence-corrected chi connectivity index (χ3v) is 4.91. The predicted octanol–water partition coefficient (Wildman–Crippen LogP) is 4.48. The topological polar surface area (TPSA) is 51.7 Å². The third kappa shape index (κ3) is 4.48. The van der Waals surface area contributed by atoms with Gasteiger partial charge in [0.1, 0.15) is 5.82 Å². The Hall–Kier alpha value is -2.82. The molecule has 27 heavy (non-hydrogen) atoms. The number of ether oxygens (including phenoxy) is 2. The van der Waals surface area contributed by atoms with E-state index >= 15 is 0 Å².